The Labute approximate surface area is 167 Å². The molecule has 0 aromatic heterocycles. The van der Waals surface area contributed by atoms with Gasteiger partial charge in [0.2, 0.25) is 0 Å². The van der Waals surface area contributed by atoms with Crippen molar-refractivity contribution in [2.75, 3.05) is 13.7 Å². The summed E-state index contributed by atoms with van der Waals surface area (Å²) in [7, 11) is 1.55. The number of imide groups is 1. The van der Waals surface area contributed by atoms with E-state index in [4.69, 9.17) is 9.47 Å². The third-order valence-corrected chi connectivity index (χ3v) is 4.52. The molecule has 0 fully saturated rings. The number of rotatable bonds is 7. The smallest absolute Gasteiger partial charge is 0.329 e. The van der Waals surface area contributed by atoms with Gasteiger partial charge in [-0.1, -0.05) is 24.3 Å². The van der Waals surface area contributed by atoms with E-state index in [-0.39, 0.29) is 17.7 Å². The van der Waals surface area contributed by atoms with E-state index in [2.05, 4.69) is 5.32 Å². The molecule has 1 atom stereocenters. The van der Waals surface area contributed by atoms with Gasteiger partial charge in [-0.15, -0.1) is 0 Å². The fourth-order valence-corrected chi connectivity index (χ4v) is 2.96. The fourth-order valence-electron chi connectivity index (χ4n) is 2.96. The van der Waals surface area contributed by atoms with Crippen molar-refractivity contribution < 1.29 is 28.7 Å². The van der Waals surface area contributed by atoms with Crippen LogP contribution in [0.3, 0.4) is 0 Å². The molecule has 1 heterocycles. The SMILES string of the molecule is COc1cccc(CNC(=O)COC(=O)[C@H](C)N2C(=O)c3ccccc3C2=O)c1. The molecule has 8 heteroatoms. The maximum absolute atomic E-state index is 12.4. The lowest BCUT2D eigenvalue weighted by atomic mass is 10.1. The van der Waals surface area contributed by atoms with Gasteiger partial charge in [-0.2, -0.15) is 0 Å². The number of ether oxygens (including phenoxy) is 2. The van der Waals surface area contributed by atoms with E-state index in [1.807, 2.05) is 6.07 Å². The van der Waals surface area contributed by atoms with Crippen molar-refractivity contribution in [2.24, 2.45) is 0 Å². The molecule has 0 unspecified atom stereocenters. The number of fused-ring (bicyclic) bond motifs is 1. The third-order valence-electron chi connectivity index (χ3n) is 4.52. The first kappa shape index (κ1) is 20.1. The first-order valence-corrected chi connectivity index (χ1v) is 8.95. The predicted molar refractivity (Wildman–Crippen MR) is 102 cm³/mol. The Balaban J connectivity index is 1.52. The average molecular weight is 396 g/mol. The minimum Gasteiger partial charge on any atom is -0.497 e. The van der Waals surface area contributed by atoms with Crippen LogP contribution in [0.4, 0.5) is 0 Å². The summed E-state index contributed by atoms with van der Waals surface area (Å²) in [6, 6.07) is 12.4. The van der Waals surface area contributed by atoms with Crippen LogP contribution in [-0.4, -0.2) is 48.3 Å². The van der Waals surface area contributed by atoms with E-state index in [9.17, 15) is 19.2 Å². The largest absolute Gasteiger partial charge is 0.497 e. The molecule has 0 bridgehead atoms. The van der Waals surface area contributed by atoms with Gasteiger partial charge in [-0.05, 0) is 36.8 Å². The summed E-state index contributed by atoms with van der Waals surface area (Å²) in [6.45, 7) is 1.11. The molecule has 0 saturated heterocycles. The van der Waals surface area contributed by atoms with Gasteiger partial charge in [0.05, 0.1) is 18.2 Å². The van der Waals surface area contributed by atoms with Gasteiger partial charge in [0.25, 0.3) is 17.7 Å². The Hall–Kier alpha value is -3.68. The molecule has 0 aliphatic carbocycles. The molecule has 3 rings (SSSR count). The van der Waals surface area contributed by atoms with Gasteiger partial charge < -0.3 is 14.8 Å². The van der Waals surface area contributed by atoms with E-state index < -0.39 is 36.3 Å². The average Bonchev–Trinajstić information content (AvgIpc) is 3.00. The third kappa shape index (κ3) is 4.26. The predicted octanol–water partition coefficient (Wildman–Crippen LogP) is 1.54. The zero-order valence-electron chi connectivity index (χ0n) is 16.0. The van der Waals surface area contributed by atoms with Crippen LogP contribution in [0.5, 0.6) is 5.75 Å². The number of hydrogen-bond acceptors (Lipinski definition) is 6. The monoisotopic (exact) mass is 396 g/mol. The lowest BCUT2D eigenvalue weighted by molar-refractivity contribution is -0.151. The number of benzene rings is 2. The van der Waals surface area contributed by atoms with Gasteiger partial charge >= 0.3 is 5.97 Å². The van der Waals surface area contributed by atoms with Crippen LogP contribution in [0.15, 0.2) is 48.5 Å². The number of carbonyl (C=O) groups excluding carboxylic acids is 4. The van der Waals surface area contributed by atoms with E-state index in [0.29, 0.717) is 5.75 Å². The molecular formula is C21H20N2O6. The van der Waals surface area contributed by atoms with Crippen LogP contribution in [0, 0.1) is 0 Å². The van der Waals surface area contributed by atoms with Crippen molar-refractivity contribution in [2.45, 2.75) is 19.5 Å². The fraction of sp³-hybridized carbons (Fsp3) is 0.238. The number of esters is 1. The normalized spacial score (nSPS) is 13.7. The van der Waals surface area contributed by atoms with E-state index in [1.54, 1.807) is 37.4 Å². The highest BCUT2D eigenvalue weighted by Gasteiger charge is 2.41. The lowest BCUT2D eigenvalue weighted by Gasteiger charge is -2.20. The summed E-state index contributed by atoms with van der Waals surface area (Å²) in [5, 5.41) is 2.63. The van der Waals surface area contributed by atoms with Gasteiger partial charge in [0.1, 0.15) is 11.8 Å². The van der Waals surface area contributed by atoms with E-state index in [0.717, 1.165) is 10.5 Å². The molecule has 3 amide bonds. The Morgan fingerprint density at radius 1 is 1.03 bits per heavy atom. The zero-order chi connectivity index (χ0) is 21.0. The van der Waals surface area contributed by atoms with Crippen molar-refractivity contribution in [1.29, 1.82) is 0 Å². The highest BCUT2D eigenvalue weighted by molar-refractivity contribution is 6.22. The number of carbonyl (C=O) groups is 4. The molecule has 1 N–H and O–H groups in total. The van der Waals surface area contributed by atoms with E-state index in [1.165, 1.54) is 19.1 Å². The molecule has 1 aliphatic rings. The van der Waals surface area contributed by atoms with Gasteiger partial charge in [0, 0.05) is 6.54 Å². The molecule has 150 valence electrons. The number of amides is 3. The van der Waals surface area contributed by atoms with Crippen LogP contribution >= 0.6 is 0 Å². The highest BCUT2D eigenvalue weighted by Crippen LogP contribution is 2.24. The summed E-state index contributed by atoms with van der Waals surface area (Å²) >= 11 is 0. The summed E-state index contributed by atoms with van der Waals surface area (Å²) < 4.78 is 10.1. The van der Waals surface area contributed by atoms with Crippen LogP contribution < -0.4 is 10.1 Å². The molecule has 0 saturated carbocycles. The van der Waals surface area contributed by atoms with Gasteiger partial charge in [-0.3, -0.25) is 19.3 Å². The second-order valence-corrected chi connectivity index (χ2v) is 6.44. The first-order chi connectivity index (χ1) is 13.9. The van der Waals surface area contributed by atoms with Crippen molar-refractivity contribution in [3.8, 4) is 5.75 Å². The Kier molecular flexibility index (Phi) is 5.92. The molecule has 29 heavy (non-hydrogen) atoms. The number of nitrogens with zero attached hydrogens (tertiary/aromatic N) is 1. The Bertz CT molecular complexity index is 936. The van der Waals surface area contributed by atoms with Crippen molar-refractivity contribution in [3.63, 3.8) is 0 Å². The van der Waals surface area contributed by atoms with Crippen LogP contribution in [0.25, 0.3) is 0 Å². The number of nitrogens with one attached hydrogen (secondary N) is 1. The van der Waals surface area contributed by atoms with Crippen LogP contribution in [0.1, 0.15) is 33.2 Å². The maximum atomic E-state index is 12.4. The second-order valence-electron chi connectivity index (χ2n) is 6.44. The lowest BCUT2D eigenvalue weighted by Crippen LogP contribution is -2.44. The summed E-state index contributed by atoms with van der Waals surface area (Å²) in [6.07, 6.45) is 0. The van der Waals surface area contributed by atoms with Crippen molar-refractivity contribution in [3.05, 3.63) is 65.2 Å². The number of methoxy groups -OCH3 is 1. The van der Waals surface area contributed by atoms with Gasteiger partial charge in [-0.25, -0.2) is 4.79 Å². The standard InChI is InChI=1S/C21H20N2O6/c1-13(23-19(25)16-8-3-4-9-17(16)20(23)26)21(27)29-12-18(24)22-11-14-6-5-7-15(10-14)28-2/h3-10,13H,11-12H2,1-2H3,(H,22,24)/t13-/m0/s1. The minimum absolute atomic E-state index is 0.238. The molecule has 8 nitrogen and oxygen atoms in total. The first-order valence-electron chi connectivity index (χ1n) is 8.95. The summed E-state index contributed by atoms with van der Waals surface area (Å²) in [4.78, 5) is 49.9. The number of hydrogen-bond donors (Lipinski definition) is 1. The minimum atomic E-state index is -1.14. The maximum Gasteiger partial charge on any atom is 0.329 e. The quantitative estimate of drug-likeness (QED) is 0.563. The summed E-state index contributed by atoms with van der Waals surface area (Å²) in [5.74, 6) is -1.79. The molecule has 0 spiro atoms. The van der Waals surface area contributed by atoms with Gasteiger partial charge in [0.15, 0.2) is 6.61 Å². The molecule has 0 radical (unpaired) electrons. The van der Waals surface area contributed by atoms with Crippen LogP contribution in [-0.2, 0) is 20.9 Å². The topological polar surface area (TPSA) is 102 Å². The van der Waals surface area contributed by atoms with Crippen molar-refractivity contribution in [1.82, 2.24) is 10.2 Å². The second kappa shape index (κ2) is 8.55. The molecule has 2 aromatic rings. The van der Waals surface area contributed by atoms with Crippen molar-refractivity contribution >= 4 is 23.7 Å². The van der Waals surface area contributed by atoms with Crippen LogP contribution in [0.2, 0.25) is 0 Å². The molecule has 1 aliphatic heterocycles. The molecule has 2 aromatic carbocycles. The zero-order valence-corrected chi connectivity index (χ0v) is 16.0. The summed E-state index contributed by atoms with van der Waals surface area (Å²) in [5.41, 5.74) is 1.31. The Morgan fingerprint density at radius 2 is 1.69 bits per heavy atom. The molecular weight excluding hydrogens is 376 g/mol. The van der Waals surface area contributed by atoms with E-state index >= 15 is 0 Å². The Morgan fingerprint density at radius 3 is 2.31 bits per heavy atom. The highest BCUT2D eigenvalue weighted by atomic mass is 16.5.